The predicted octanol–water partition coefficient (Wildman–Crippen LogP) is 2.11. The minimum absolute atomic E-state index is 0.0192. The molecular weight excluding hydrogens is 311 g/mol. The molecular formula is C18H19FN2O3. The Morgan fingerprint density at radius 1 is 1.00 bits per heavy atom. The van der Waals surface area contributed by atoms with E-state index in [0.717, 1.165) is 12.8 Å². The van der Waals surface area contributed by atoms with E-state index >= 15 is 0 Å². The first-order chi connectivity index (χ1) is 11.5. The molecule has 3 amide bonds. The van der Waals surface area contributed by atoms with Gasteiger partial charge < -0.3 is 4.90 Å². The van der Waals surface area contributed by atoms with E-state index in [0.29, 0.717) is 31.2 Å². The Kier molecular flexibility index (Phi) is 3.62. The first-order valence-electron chi connectivity index (χ1n) is 8.47. The number of amides is 3. The number of imide groups is 1. The number of carbonyl (C=O) groups is 3. The zero-order valence-electron chi connectivity index (χ0n) is 13.3. The summed E-state index contributed by atoms with van der Waals surface area (Å²) in [5, 5.41) is 0. The number of hydrogen-bond donors (Lipinski definition) is 0. The van der Waals surface area contributed by atoms with Crippen LogP contribution in [0, 0.1) is 5.82 Å². The Labute approximate surface area is 139 Å². The largest absolute Gasteiger partial charge is 0.333 e. The number of hydrogen-bond acceptors (Lipinski definition) is 3. The zero-order valence-corrected chi connectivity index (χ0v) is 13.3. The van der Waals surface area contributed by atoms with Crippen LogP contribution in [0.4, 0.5) is 4.39 Å². The summed E-state index contributed by atoms with van der Waals surface area (Å²) in [6.45, 7) is 0. The maximum absolute atomic E-state index is 13.4. The van der Waals surface area contributed by atoms with Gasteiger partial charge in [0, 0.05) is 36.5 Å². The van der Waals surface area contributed by atoms with Crippen molar-refractivity contribution in [2.75, 3.05) is 0 Å². The zero-order chi connectivity index (χ0) is 16.8. The minimum Gasteiger partial charge on any atom is -0.333 e. The van der Waals surface area contributed by atoms with E-state index in [2.05, 4.69) is 0 Å². The topological polar surface area (TPSA) is 57.7 Å². The summed E-state index contributed by atoms with van der Waals surface area (Å²) in [4.78, 5) is 40.0. The molecule has 6 heteroatoms. The maximum atomic E-state index is 13.4. The molecule has 3 heterocycles. The number of benzene rings is 1. The summed E-state index contributed by atoms with van der Waals surface area (Å²) in [6.07, 6.45) is 3.62. The lowest BCUT2D eigenvalue weighted by Crippen LogP contribution is -2.53. The van der Waals surface area contributed by atoms with E-state index < -0.39 is 5.82 Å². The van der Waals surface area contributed by atoms with E-state index in [1.807, 2.05) is 4.90 Å². The molecule has 0 saturated carbocycles. The van der Waals surface area contributed by atoms with Gasteiger partial charge in [-0.2, -0.15) is 0 Å². The number of carbonyl (C=O) groups excluding carboxylic acids is 3. The van der Waals surface area contributed by atoms with Crippen molar-refractivity contribution in [3.8, 4) is 0 Å². The highest BCUT2D eigenvalue weighted by molar-refractivity contribution is 6.02. The van der Waals surface area contributed by atoms with E-state index in [1.165, 1.54) is 17.0 Å². The standard InChI is InChI=1S/C18H19FN2O3/c19-12-3-1-2-11(8-12)18(24)20-13-4-5-14(20)10-15(9-13)21-16(22)6-7-17(21)23/h1-3,8,13-15H,4-7,9-10H2. The van der Waals surface area contributed by atoms with Crippen LogP contribution in [0.15, 0.2) is 24.3 Å². The van der Waals surface area contributed by atoms with Gasteiger partial charge in [0.2, 0.25) is 11.8 Å². The summed E-state index contributed by atoms with van der Waals surface area (Å²) < 4.78 is 13.4. The van der Waals surface area contributed by atoms with Gasteiger partial charge in [-0.05, 0) is 43.9 Å². The van der Waals surface area contributed by atoms with Crippen LogP contribution < -0.4 is 0 Å². The van der Waals surface area contributed by atoms with Crippen LogP contribution >= 0.6 is 0 Å². The molecule has 0 aliphatic carbocycles. The number of halogens is 1. The average Bonchev–Trinajstić information content (AvgIpc) is 3.03. The van der Waals surface area contributed by atoms with Gasteiger partial charge in [-0.25, -0.2) is 4.39 Å². The molecule has 24 heavy (non-hydrogen) atoms. The molecule has 1 aromatic carbocycles. The lowest BCUT2D eigenvalue weighted by atomic mass is 9.95. The van der Waals surface area contributed by atoms with Gasteiger partial charge in [0.05, 0.1) is 0 Å². The Morgan fingerprint density at radius 2 is 1.62 bits per heavy atom. The molecule has 1 aromatic rings. The lowest BCUT2D eigenvalue weighted by Gasteiger charge is -2.41. The summed E-state index contributed by atoms with van der Waals surface area (Å²) in [6, 6.07) is 5.70. The van der Waals surface area contributed by atoms with Crippen LogP contribution in [0.3, 0.4) is 0 Å². The summed E-state index contributed by atoms with van der Waals surface area (Å²) in [5.74, 6) is -0.750. The van der Waals surface area contributed by atoms with Crippen molar-refractivity contribution in [1.82, 2.24) is 9.80 Å². The van der Waals surface area contributed by atoms with Gasteiger partial charge >= 0.3 is 0 Å². The van der Waals surface area contributed by atoms with Crippen molar-refractivity contribution in [3.05, 3.63) is 35.6 Å². The first kappa shape index (κ1) is 15.3. The molecule has 0 spiro atoms. The number of nitrogens with zero attached hydrogens (tertiary/aromatic N) is 2. The number of likely N-dealkylation sites (tertiary alicyclic amines) is 1. The predicted molar refractivity (Wildman–Crippen MR) is 83.5 cm³/mol. The van der Waals surface area contributed by atoms with Crippen LogP contribution in [0.5, 0.6) is 0 Å². The molecule has 2 unspecified atom stereocenters. The Morgan fingerprint density at radius 3 is 2.21 bits per heavy atom. The minimum atomic E-state index is -0.420. The molecule has 3 fully saturated rings. The smallest absolute Gasteiger partial charge is 0.254 e. The fourth-order valence-corrected chi connectivity index (χ4v) is 4.46. The molecule has 0 aromatic heterocycles. The molecule has 5 nitrogen and oxygen atoms in total. The van der Waals surface area contributed by atoms with Gasteiger partial charge in [0.1, 0.15) is 5.82 Å². The van der Waals surface area contributed by atoms with E-state index in [-0.39, 0.29) is 35.8 Å². The average molecular weight is 330 g/mol. The molecule has 0 radical (unpaired) electrons. The fraction of sp³-hybridized carbons (Fsp3) is 0.500. The molecule has 3 saturated heterocycles. The van der Waals surface area contributed by atoms with Crippen LogP contribution in [0.1, 0.15) is 48.9 Å². The second-order valence-corrected chi connectivity index (χ2v) is 6.89. The van der Waals surface area contributed by atoms with Crippen molar-refractivity contribution in [3.63, 3.8) is 0 Å². The molecule has 0 N–H and O–H groups in total. The number of rotatable bonds is 2. The third kappa shape index (κ3) is 2.41. The van der Waals surface area contributed by atoms with Gasteiger partial charge in [-0.3, -0.25) is 19.3 Å². The molecule has 126 valence electrons. The second kappa shape index (κ2) is 5.69. The summed E-state index contributed by atoms with van der Waals surface area (Å²) in [5.41, 5.74) is 0.360. The second-order valence-electron chi connectivity index (χ2n) is 6.89. The Hall–Kier alpha value is -2.24. The van der Waals surface area contributed by atoms with Crippen LogP contribution in [0.25, 0.3) is 0 Å². The maximum Gasteiger partial charge on any atom is 0.254 e. The van der Waals surface area contributed by atoms with Crippen molar-refractivity contribution in [2.45, 2.75) is 56.7 Å². The van der Waals surface area contributed by atoms with Crippen molar-refractivity contribution in [1.29, 1.82) is 0 Å². The SMILES string of the molecule is O=C1CCC(=O)N1C1CC2CCC(C1)N2C(=O)c1cccc(F)c1. The fourth-order valence-electron chi connectivity index (χ4n) is 4.46. The summed E-state index contributed by atoms with van der Waals surface area (Å²) >= 11 is 0. The normalized spacial score (nSPS) is 29.5. The van der Waals surface area contributed by atoms with Gasteiger partial charge in [-0.15, -0.1) is 0 Å². The van der Waals surface area contributed by atoms with Crippen LogP contribution in [0.2, 0.25) is 0 Å². The third-order valence-corrected chi connectivity index (χ3v) is 5.47. The van der Waals surface area contributed by atoms with Crippen molar-refractivity contribution >= 4 is 17.7 Å². The summed E-state index contributed by atoms with van der Waals surface area (Å²) in [7, 11) is 0. The highest BCUT2D eigenvalue weighted by Crippen LogP contribution is 2.39. The van der Waals surface area contributed by atoms with Crippen LogP contribution in [-0.4, -0.2) is 45.6 Å². The van der Waals surface area contributed by atoms with E-state index in [9.17, 15) is 18.8 Å². The highest BCUT2D eigenvalue weighted by atomic mass is 19.1. The molecule has 2 atom stereocenters. The monoisotopic (exact) mass is 330 g/mol. The van der Waals surface area contributed by atoms with E-state index in [1.54, 1.807) is 12.1 Å². The highest BCUT2D eigenvalue weighted by Gasteiger charge is 2.47. The molecule has 3 aliphatic rings. The number of fused-ring (bicyclic) bond motifs is 2. The van der Waals surface area contributed by atoms with Crippen molar-refractivity contribution in [2.24, 2.45) is 0 Å². The Bertz CT molecular complexity index is 690. The van der Waals surface area contributed by atoms with Gasteiger partial charge in [0.15, 0.2) is 0 Å². The first-order valence-corrected chi connectivity index (χ1v) is 8.47. The molecule has 2 bridgehead atoms. The van der Waals surface area contributed by atoms with Gasteiger partial charge in [0.25, 0.3) is 5.91 Å². The molecule has 3 aliphatic heterocycles. The third-order valence-electron chi connectivity index (χ3n) is 5.47. The molecule has 4 rings (SSSR count). The number of piperidine rings is 1. The lowest BCUT2D eigenvalue weighted by molar-refractivity contribution is -0.142. The van der Waals surface area contributed by atoms with Crippen LogP contribution in [-0.2, 0) is 9.59 Å². The van der Waals surface area contributed by atoms with Crippen molar-refractivity contribution < 1.29 is 18.8 Å². The van der Waals surface area contributed by atoms with Gasteiger partial charge in [-0.1, -0.05) is 6.07 Å². The Balaban J connectivity index is 1.54. The van der Waals surface area contributed by atoms with E-state index in [4.69, 9.17) is 0 Å². The quantitative estimate of drug-likeness (QED) is 0.781.